The number of hydrogen-bond acceptors (Lipinski definition) is 4. The van der Waals surface area contributed by atoms with E-state index in [2.05, 4.69) is 9.97 Å². The van der Waals surface area contributed by atoms with Gasteiger partial charge in [-0.05, 0) is 24.8 Å². The molecule has 1 aromatic rings. The highest BCUT2D eigenvalue weighted by atomic mass is 16.5. The summed E-state index contributed by atoms with van der Waals surface area (Å²) in [5, 5.41) is 8.70. The van der Waals surface area contributed by atoms with Crippen LogP contribution in [0.3, 0.4) is 0 Å². The van der Waals surface area contributed by atoms with Crippen LogP contribution >= 0.6 is 0 Å². The van der Waals surface area contributed by atoms with Crippen molar-refractivity contribution in [2.45, 2.75) is 19.4 Å². The van der Waals surface area contributed by atoms with E-state index in [1.54, 1.807) is 0 Å². The van der Waals surface area contributed by atoms with Gasteiger partial charge in [0.15, 0.2) is 11.5 Å². The van der Waals surface area contributed by atoms with Crippen LogP contribution in [0, 0.1) is 5.92 Å². The van der Waals surface area contributed by atoms with Crippen LogP contribution in [-0.4, -0.2) is 27.7 Å². The van der Waals surface area contributed by atoms with Gasteiger partial charge in [0.05, 0.1) is 0 Å². The highest BCUT2D eigenvalue weighted by molar-refractivity contribution is 5.85. The Labute approximate surface area is 87.1 Å². The van der Waals surface area contributed by atoms with E-state index < -0.39 is 5.97 Å². The zero-order valence-electron chi connectivity index (χ0n) is 8.22. The molecule has 2 rings (SSSR count). The third-order valence-electron chi connectivity index (χ3n) is 2.21. The summed E-state index contributed by atoms with van der Waals surface area (Å²) in [4.78, 5) is 18.4. The van der Waals surface area contributed by atoms with Gasteiger partial charge in [-0.15, -0.1) is 0 Å². The summed E-state index contributed by atoms with van der Waals surface area (Å²) >= 11 is 0. The molecule has 1 saturated carbocycles. The van der Waals surface area contributed by atoms with Crippen molar-refractivity contribution >= 4 is 5.97 Å². The summed E-state index contributed by atoms with van der Waals surface area (Å²) in [5.41, 5.74) is 0.00928. The lowest BCUT2D eigenvalue weighted by Gasteiger charge is -2.02. The van der Waals surface area contributed by atoms with Gasteiger partial charge in [0.2, 0.25) is 0 Å². The monoisotopic (exact) mass is 208 g/mol. The largest absolute Gasteiger partial charge is 0.477 e. The van der Waals surface area contributed by atoms with Gasteiger partial charge in [0.1, 0.15) is 6.61 Å². The van der Waals surface area contributed by atoms with Crippen LogP contribution in [0.2, 0.25) is 0 Å². The number of rotatable bonds is 5. The topological polar surface area (TPSA) is 72.3 Å². The number of carboxylic acids is 1. The van der Waals surface area contributed by atoms with E-state index in [4.69, 9.17) is 9.84 Å². The van der Waals surface area contributed by atoms with E-state index in [0.717, 1.165) is 6.61 Å². The Morgan fingerprint density at radius 2 is 2.40 bits per heavy atom. The quantitative estimate of drug-likeness (QED) is 0.784. The molecule has 0 atom stereocenters. The molecule has 5 heteroatoms. The Balaban J connectivity index is 1.88. The maximum atomic E-state index is 10.6. The van der Waals surface area contributed by atoms with E-state index >= 15 is 0 Å². The SMILES string of the molecule is O=C(O)c1ccnc(COCC2CC2)n1. The number of ether oxygens (including phenoxy) is 1. The molecule has 0 saturated heterocycles. The van der Waals surface area contributed by atoms with Crippen LogP contribution in [0.25, 0.3) is 0 Å². The number of carboxylic acid groups (broad SMARTS) is 1. The Morgan fingerprint density at radius 1 is 1.60 bits per heavy atom. The normalized spacial score (nSPS) is 15.2. The molecule has 0 amide bonds. The van der Waals surface area contributed by atoms with Crippen molar-refractivity contribution < 1.29 is 14.6 Å². The predicted molar refractivity (Wildman–Crippen MR) is 51.4 cm³/mol. The molecular weight excluding hydrogens is 196 g/mol. The molecule has 0 unspecified atom stereocenters. The van der Waals surface area contributed by atoms with Gasteiger partial charge < -0.3 is 9.84 Å². The fraction of sp³-hybridized carbons (Fsp3) is 0.500. The van der Waals surface area contributed by atoms with Crippen LogP contribution < -0.4 is 0 Å². The van der Waals surface area contributed by atoms with E-state index in [-0.39, 0.29) is 12.3 Å². The van der Waals surface area contributed by atoms with Crippen molar-refractivity contribution in [1.82, 2.24) is 9.97 Å². The van der Waals surface area contributed by atoms with E-state index in [9.17, 15) is 4.79 Å². The van der Waals surface area contributed by atoms with Gasteiger partial charge >= 0.3 is 5.97 Å². The fourth-order valence-corrected chi connectivity index (χ4v) is 1.19. The molecule has 1 aliphatic rings. The number of carbonyl (C=O) groups is 1. The minimum absolute atomic E-state index is 0.00928. The first-order chi connectivity index (χ1) is 7.25. The second-order valence-electron chi connectivity index (χ2n) is 3.62. The van der Waals surface area contributed by atoms with Gasteiger partial charge in [-0.2, -0.15) is 0 Å². The second kappa shape index (κ2) is 4.35. The van der Waals surface area contributed by atoms with E-state index in [0.29, 0.717) is 11.7 Å². The molecule has 5 nitrogen and oxygen atoms in total. The molecule has 0 bridgehead atoms. The van der Waals surface area contributed by atoms with Gasteiger partial charge in [0, 0.05) is 12.8 Å². The van der Waals surface area contributed by atoms with Gasteiger partial charge in [-0.25, -0.2) is 14.8 Å². The molecule has 1 N–H and O–H groups in total. The molecule has 15 heavy (non-hydrogen) atoms. The van der Waals surface area contributed by atoms with Crippen molar-refractivity contribution in [2.75, 3.05) is 6.61 Å². The van der Waals surface area contributed by atoms with Crippen molar-refractivity contribution in [2.24, 2.45) is 5.92 Å². The molecule has 0 aromatic carbocycles. The van der Waals surface area contributed by atoms with E-state index in [1.165, 1.54) is 25.1 Å². The first-order valence-corrected chi connectivity index (χ1v) is 4.88. The lowest BCUT2D eigenvalue weighted by atomic mass is 10.4. The average Bonchev–Trinajstić information content (AvgIpc) is 3.02. The molecule has 0 spiro atoms. The Kier molecular flexibility index (Phi) is 2.91. The molecular formula is C10H12N2O3. The molecule has 0 aliphatic heterocycles. The number of hydrogen-bond donors (Lipinski definition) is 1. The highest BCUT2D eigenvalue weighted by Crippen LogP contribution is 2.28. The van der Waals surface area contributed by atoms with Crippen molar-refractivity contribution in [1.29, 1.82) is 0 Å². The molecule has 1 aromatic heterocycles. The Bertz CT molecular complexity index is 363. The van der Waals surface area contributed by atoms with Crippen molar-refractivity contribution in [3.63, 3.8) is 0 Å². The van der Waals surface area contributed by atoms with Crippen LogP contribution in [0.1, 0.15) is 29.2 Å². The number of nitrogens with zero attached hydrogens (tertiary/aromatic N) is 2. The maximum Gasteiger partial charge on any atom is 0.354 e. The zero-order valence-corrected chi connectivity index (χ0v) is 8.22. The molecule has 0 radical (unpaired) electrons. The summed E-state index contributed by atoms with van der Waals surface area (Å²) in [7, 11) is 0. The lowest BCUT2D eigenvalue weighted by molar-refractivity contribution is 0.0687. The lowest BCUT2D eigenvalue weighted by Crippen LogP contribution is -2.06. The maximum absolute atomic E-state index is 10.6. The Hall–Kier alpha value is -1.49. The van der Waals surface area contributed by atoms with Gasteiger partial charge in [0.25, 0.3) is 0 Å². The summed E-state index contributed by atoms with van der Waals surface area (Å²) < 4.78 is 5.36. The standard InChI is InChI=1S/C10H12N2O3/c13-10(14)8-3-4-11-9(12-8)6-15-5-7-1-2-7/h3-4,7H,1-2,5-6H2,(H,13,14). The fourth-order valence-electron chi connectivity index (χ4n) is 1.19. The van der Waals surface area contributed by atoms with Crippen LogP contribution in [0.15, 0.2) is 12.3 Å². The smallest absolute Gasteiger partial charge is 0.354 e. The molecule has 80 valence electrons. The first kappa shape index (κ1) is 10.0. The molecule has 1 aliphatic carbocycles. The molecule has 1 fully saturated rings. The second-order valence-corrected chi connectivity index (χ2v) is 3.62. The van der Waals surface area contributed by atoms with Crippen LogP contribution in [0.4, 0.5) is 0 Å². The van der Waals surface area contributed by atoms with Gasteiger partial charge in [-0.1, -0.05) is 0 Å². The zero-order chi connectivity index (χ0) is 10.7. The predicted octanol–water partition coefficient (Wildman–Crippen LogP) is 1.10. The van der Waals surface area contributed by atoms with Gasteiger partial charge in [-0.3, -0.25) is 0 Å². The third-order valence-corrected chi connectivity index (χ3v) is 2.21. The minimum atomic E-state index is -1.04. The summed E-state index contributed by atoms with van der Waals surface area (Å²) in [6.45, 7) is 1.01. The highest BCUT2D eigenvalue weighted by Gasteiger charge is 2.21. The summed E-state index contributed by atoms with van der Waals surface area (Å²) in [6.07, 6.45) is 3.90. The number of aromatic carboxylic acids is 1. The van der Waals surface area contributed by atoms with Crippen LogP contribution in [-0.2, 0) is 11.3 Å². The summed E-state index contributed by atoms with van der Waals surface area (Å²) in [5.74, 6) is 0.0732. The minimum Gasteiger partial charge on any atom is -0.477 e. The van der Waals surface area contributed by atoms with E-state index in [1.807, 2.05) is 0 Å². The summed E-state index contributed by atoms with van der Waals surface area (Å²) in [6, 6.07) is 1.37. The number of aromatic nitrogens is 2. The van der Waals surface area contributed by atoms with Crippen molar-refractivity contribution in [3.8, 4) is 0 Å². The third kappa shape index (κ3) is 2.99. The Morgan fingerprint density at radius 3 is 3.07 bits per heavy atom. The van der Waals surface area contributed by atoms with Crippen molar-refractivity contribution in [3.05, 3.63) is 23.8 Å². The first-order valence-electron chi connectivity index (χ1n) is 4.88. The average molecular weight is 208 g/mol. The molecule has 1 heterocycles. The van der Waals surface area contributed by atoms with Crippen LogP contribution in [0.5, 0.6) is 0 Å².